The largest absolute Gasteiger partial charge is 0.490 e. The predicted molar refractivity (Wildman–Crippen MR) is 91.0 cm³/mol. The van der Waals surface area contributed by atoms with E-state index in [2.05, 4.69) is 12.1 Å². The number of rotatable bonds is 5. The van der Waals surface area contributed by atoms with Crippen molar-refractivity contribution in [3.63, 3.8) is 0 Å². The molecule has 4 nitrogen and oxygen atoms in total. The van der Waals surface area contributed by atoms with Gasteiger partial charge in [0, 0.05) is 0 Å². The van der Waals surface area contributed by atoms with Gasteiger partial charge in [-0.15, -0.1) is 0 Å². The topological polar surface area (TPSA) is 52.4 Å². The molecule has 0 aliphatic rings. The van der Waals surface area contributed by atoms with E-state index in [-0.39, 0.29) is 10.6 Å². The summed E-state index contributed by atoms with van der Waals surface area (Å²) < 4.78 is 5.27. The summed E-state index contributed by atoms with van der Waals surface area (Å²) in [6.45, 7) is 0. The normalized spacial score (nSPS) is 10.7. The van der Waals surface area contributed by atoms with Crippen LogP contribution in [0.25, 0.3) is 10.8 Å². The van der Waals surface area contributed by atoms with E-state index in [1.165, 1.54) is 12.7 Å². The van der Waals surface area contributed by atoms with Crippen LogP contribution < -0.4 is 4.74 Å². The number of ether oxygens (including phenoxy) is 1. The van der Waals surface area contributed by atoms with Crippen LogP contribution >= 0.6 is 0 Å². The number of hydrogen-bond donors (Lipinski definition) is 0. The lowest BCUT2D eigenvalue weighted by Crippen LogP contribution is -1.99. The van der Waals surface area contributed by atoms with Crippen molar-refractivity contribution in [1.29, 1.82) is 0 Å². The molecule has 23 heavy (non-hydrogen) atoms. The molecule has 0 heterocycles. The Kier molecular flexibility index (Phi) is 4.24. The maximum Gasteiger partial charge on any atom is 0.318 e. The van der Waals surface area contributed by atoms with Crippen molar-refractivity contribution in [3.8, 4) is 5.75 Å². The third-order valence-electron chi connectivity index (χ3n) is 4.00. The highest BCUT2D eigenvalue weighted by Gasteiger charge is 2.21. The van der Waals surface area contributed by atoms with Gasteiger partial charge in [0.15, 0.2) is 5.75 Å². The van der Waals surface area contributed by atoms with Crippen molar-refractivity contribution >= 4 is 16.5 Å². The van der Waals surface area contributed by atoms with Gasteiger partial charge in [-0.3, -0.25) is 10.1 Å². The molecular weight excluding hydrogens is 290 g/mol. The van der Waals surface area contributed by atoms with Crippen molar-refractivity contribution in [1.82, 2.24) is 0 Å². The summed E-state index contributed by atoms with van der Waals surface area (Å²) in [6, 6.07) is 19.4. The first-order valence-corrected chi connectivity index (χ1v) is 7.47. The van der Waals surface area contributed by atoms with Gasteiger partial charge in [-0.2, -0.15) is 0 Å². The number of aryl methyl sites for hydroxylation is 2. The lowest BCUT2D eigenvalue weighted by atomic mass is 9.97. The third kappa shape index (κ3) is 3.01. The van der Waals surface area contributed by atoms with Crippen LogP contribution in [-0.4, -0.2) is 12.0 Å². The summed E-state index contributed by atoms with van der Waals surface area (Å²) in [5, 5.41) is 12.9. The van der Waals surface area contributed by atoms with E-state index in [0.29, 0.717) is 11.1 Å². The first kappa shape index (κ1) is 15.0. The highest BCUT2D eigenvalue weighted by Crippen LogP contribution is 2.37. The number of hydrogen-bond acceptors (Lipinski definition) is 3. The maximum atomic E-state index is 11.4. The van der Waals surface area contributed by atoms with E-state index in [1.807, 2.05) is 36.4 Å². The van der Waals surface area contributed by atoms with Gasteiger partial charge in [-0.05, 0) is 41.5 Å². The molecule has 0 saturated carbocycles. The van der Waals surface area contributed by atoms with Crippen LogP contribution in [0.2, 0.25) is 0 Å². The molecule has 0 aromatic heterocycles. The molecule has 0 amide bonds. The second-order valence-electron chi connectivity index (χ2n) is 5.37. The van der Waals surface area contributed by atoms with E-state index in [1.54, 1.807) is 12.1 Å². The smallest absolute Gasteiger partial charge is 0.318 e. The van der Waals surface area contributed by atoms with E-state index in [9.17, 15) is 10.1 Å². The molecule has 0 saturated heterocycles. The summed E-state index contributed by atoms with van der Waals surface area (Å²) in [7, 11) is 1.47. The molecule has 0 unspecified atom stereocenters. The average molecular weight is 307 g/mol. The van der Waals surface area contributed by atoms with Gasteiger partial charge >= 0.3 is 5.69 Å². The van der Waals surface area contributed by atoms with Gasteiger partial charge in [-0.25, -0.2) is 0 Å². The van der Waals surface area contributed by atoms with Crippen LogP contribution in [-0.2, 0) is 12.8 Å². The van der Waals surface area contributed by atoms with Crippen molar-refractivity contribution in [2.24, 2.45) is 0 Å². The van der Waals surface area contributed by atoms with Crippen LogP contribution in [0, 0.1) is 10.1 Å². The molecule has 0 N–H and O–H groups in total. The highest BCUT2D eigenvalue weighted by molar-refractivity contribution is 5.96. The zero-order valence-corrected chi connectivity index (χ0v) is 12.9. The number of fused-ring (bicyclic) bond motifs is 1. The summed E-state index contributed by atoms with van der Waals surface area (Å²) in [6.07, 6.45) is 1.69. The molecular formula is C19H17NO3. The molecule has 3 aromatic rings. The minimum absolute atomic E-state index is 0.0339. The minimum atomic E-state index is -0.373. The zero-order chi connectivity index (χ0) is 16.2. The predicted octanol–water partition coefficient (Wildman–Crippen LogP) is 4.54. The van der Waals surface area contributed by atoms with Crippen LogP contribution in [0.3, 0.4) is 0 Å². The number of nitro benzene ring substituents is 1. The molecule has 4 heteroatoms. The number of methoxy groups -OCH3 is 1. The Morgan fingerprint density at radius 3 is 2.26 bits per heavy atom. The standard InChI is InChI=1S/C19H17NO3/c1-23-18-13-15(12-11-14-7-3-2-4-8-14)16-9-5-6-10-17(16)19(18)20(21)22/h2-10,13H,11-12H2,1H3. The minimum Gasteiger partial charge on any atom is -0.490 e. The second-order valence-corrected chi connectivity index (χ2v) is 5.37. The third-order valence-corrected chi connectivity index (χ3v) is 4.00. The average Bonchev–Trinajstić information content (AvgIpc) is 2.59. The Labute approximate surface area is 134 Å². The Morgan fingerprint density at radius 2 is 1.61 bits per heavy atom. The van der Waals surface area contributed by atoms with E-state index in [4.69, 9.17) is 4.74 Å². The monoisotopic (exact) mass is 307 g/mol. The van der Waals surface area contributed by atoms with Gasteiger partial charge < -0.3 is 4.74 Å². The van der Waals surface area contributed by atoms with E-state index >= 15 is 0 Å². The zero-order valence-electron chi connectivity index (χ0n) is 12.9. The summed E-state index contributed by atoms with van der Waals surface area (Å²) >= 11 is 0. The van der Waals surface area contributed by atoms with Gasteiger partial charge in [0.25, 0.3) is 0 Å². The van der Waals surface area contributed by atoms with Gasteiger partial charge in [0.2, 0.25) is 0 Å². The molecule has 3 rings (SSSR count). The molecule has 0 radical (unpaired) electrons. The van der Waals surface area contributed by atoms with Crippen LogP contribution in [0.15, 0.2) is 60.7 Å². The van der Waals surface area contributed by atoms with Crippen molar-refractivity contribution in [2.75, 3.05) is 7.11 Å². The van der Waals surface area contributed by atoms with Gasteiger partial charge in [0.1, 0.15) is 0 Å². The quantitative estimate of drug-likeness (QED) is 0.513. The Hall–Kier alpha value is -2.88. The van der Waals surface area contributed by atoms with E-state index < -0.39 is 0 Å². The molecule has 116 valence electrons. The molecule has 0 spiro atoms. The van der Waals surface area contributed by atoms with E-state index in [0.717, 1.165) is 23.8 Å². The number of benzene rings is 3. The molecule has 0 aliphatic heterocycles. The first-order valence-electron chi connectivity index (χ1n) is 7.47. The summed E-state index contributed by atoms with van der Waals surface area (Å²) in [5.41, 5.74) is 2.34. The first-order chi connectivity index (χ1) is 11.2. The SMILES string of the molecule is COc1cc(CCc2ccccc2)c2ccccc2c1[N+](=O)[O-]. The van der Waals surface area contributed by atoms with Crippen molar-refractivity contribution in [3.05, 3.63) is 81.9 Å². The molecule has 3 aromatic carbocycles. The fraction of sp³-hybridized carbons (Fsp3) is 0.158. The fourth-order valence-electron chi connectivity index (χ4n) is 2.88. The maximum absolute atomic E-state index is 11.4. The fourth-order valence-corrected chi connectivity index (χ4v) is 2.88. The molecule has 0 aliphatic carbocycles. The summed E-state index contributed by atoms with van der Waals surface area (Å²) in [5.74, 6) is 0.316. The number of nitrogens with zero attached hydrogens (tertiary/aromatic N) is 1. The van der Waals surface area contributed by atoms with Gasteiger partial charge in [0.05, 0.1) is 17.4 Å². The van der Waals surface area contributed by atoms with Crippen LogP contribution in [0.5, 0.6) is 5.75 Å². The lowest BCUT2D eigenvalue weighted by molar-refractivity contribution is -0.383. The number of nitro groups is 1. The Bertz CT molecular complexity index is 844. The van der Waals surface area contributed by atoms with Crippen LogP contribution in [0.4, 0.5) is 5.69 Å². The van der Waals surface area contributed by atoms with Gasteiger partial charge in [-0.1, -0.05) is 48.5 Å². The van der Waals surface area contributed by atoms with Crippen molar-refractivity contribution in [2.45, 2.75) is 12.8 Å². The molecule has 0 atom stereocenters. The van der Waals surface area contributed by atoms with Crippen LogP contribution in [0.1, 0.15) is 11.1 Å². The molecule has 0 fully saturated rings. The lowest BCUT2D eigenvalue weighted by Gasteiger charge is -2.11. The summed E-state index contributed by atoms with van der Waals surface area (Å²) in [4.78, 5) is 11.0. The Morgan fingerprint density at radius 1 is 0.957 bits per heavy atom. The highest BCUT2D eigenvalue weighted by atomic mass is 16.6. The Balaban J connectivity index is 2.06. The molecule has 0 bridgehead atoms. The van der Waals surface area contributed by atoms with Crippen molar-refractivity contribution < 1.29 is 9.66 Å². The second kappa shape index (κ2) is 6.48.